The molecule has 0 spiro atoms. The van der Waals surface area contributed by atoms with Crippen LogP contribution in [0.25, 0.3) is 0 Å². The highest BCUT2D eigenvalue weighted by Crippen LogP contribution is 2.23. The molecule has 2 fully saturated rings. The van der Waals surface area contributed by atoms with Gasteiger partial charge in [-0.1, -0.05) is 29.8 Å². The van der Waals surface area contributed by atoms with E-state index in [2.05, 4.69) is 31.2 Å². The van der Waals surface area contributed by atoms with Crippen molar-refractivity contribution < 1.29 is 14.4 Å². The standard InChI is InChI=1S/C22H31N3O3/c1-3-23-14-15-25(22(28)21(23)27)16-20(26)24-12-10-19(11-13-24)9-8-18-6-4-17(2)5-7-18/h4-7,19H,3,8-16H2,1-2H3. The molecule has 0 aliphatic carbocycles. The van der Waals surface area contributed by atoms with Gasteiger partial charge in [0.2, 0.25) is 5.91 Å². The Morgan fingerprint density at radius 3 is 2.21 bits per heavy atom. The predicted molar refractivity (Wildman–Crippen MR) is 108 cm³/mol. The molecule has 1 aromatic rings. The van der Waals surface area contributed by atoms with Crippen molar-refractivity contribution in [1.29, 1.82) is 0 Å². The molecule has 0 radical (unpaired) electrons. The lowest BCUT2D eigenvalue weighted by Crippen LogP contribution is -2.56. The second-order valence-electron chi connectivity index (χ2n) is 7.96. The van der Waals surface area contributed by atoms with E-state index in [1.165, 1.54) is 20.9 Å². The Hall–Kier alpha value is -2.37. The average Bonchev–Trinajstić information content (AvgIpc) is 2.71. The van der Waals surface area contributed by atoms with Gasteiger partial charge in [-0.25, -0.2) is 0 Å². The molecular weight excluding hydrogens is 354 g/mol. The van der Waals surface area contributed by atoms with E-state index in [9.17, 15) is 14.4 Å². The van der Waals surface area contributed by atoms with Gasteiger partial charge in [-0.15, -0.1) is 0 Å². The first-order valence-corrected chi connectivity index (χ1v) is 10.4. The second-order valence-corrected chi connectivity index (χ2v) is 7.96. The highest BCUT2D eigenvalue weighted by molar-refractivity contribution is 6.35. The largest absolute Gasteiger partial charge is 0.341 e. The van der Waals surface area contributed by atoms with Gasteiger partial charge >= 0.3 is 11.8 Å². The Balaban J connectivity index is 1.42. The summed E-state index contributed by atoms with van der Waals surface area (Å²) in [6.07, 6.45) is 4.25. The first kappa shape index (κ1) is 20.4. The van der Waals surface area contributed by atoms with Gasteiger partial charge < -0.3 is 14.7 Å². The van der Waals surface area contributed by atoms with E-state index in [1.54, 1.807) is 0 Å². The van der Waals surface area contributed by atoms with Crippen molar-refractivity contribution in [1.82, 2.24) is 14.7 Å². The zero-order chi connectivity index (χ0) is 20.1. The van der Waals surface area contributed by atoms with Crippen molar-refractivity contribution in [3.05, 3.63) is 35.4 Å². The Bertz CT molecular complexity index is 708. The molecule has 0 bridgehead atoms. The number of hydrogen-bond donors (Lipinski definition) is 0. The van der Waals surface area contributed by atoms with E-state index in [-0.39, 0.29) is 12.5 Å². The smallest absolute Gasteiger partial charge is 0.312 e. The molecule has 3 rings (SSSR count). The summed E-state index contributed by atoms with van der Waals surface area (Å²) >= 11 is 0. The number of carbonyl (C=O) groups is 3. The van der Waals surface area contributed by atoms with Crippen LogP contribution >= 0.6 is 0 Å². The third kappa shape index (κ3) is 4.91. The Labute approximate surface area is 167 Å². The Morgan fingerprint density at radius 2 is 1.57 bits per heavy atom. The maximum atomic E-state index is 12.6. The molecule has 3 amide bonds. The van der Waals surface area contributed by atoms with Crippen molar-refractivity contribution >= 4 is 17.7 Å². The van der Waals surface area contributed by atoms with Crippen LogP contribution in [0, 0.1) is 12.8 Å². The average molecular weight is 386 g/mol. The van der Waals surface area contributed by atoms with E-state index < -0.39 is 11.8 Å². The molecule has 2 aliphatic heterocycles. The van der Waals surface area contributed by atoms with Crippen molar-refractivity contribution in [3.63, 3.8) is 0 Å². The minimum absolute atomic E-state index is 0.0240. The number of nitrogens with zero attached hydrogens (tertiary/aromatic N) is 3. The molecule has 28 heavy (non-hydrogen) atoms. The summed E-state index contributed by atoms with van der Waals surface area (Å²) in [5.74, 6) is -0.435. The van der Waals surface area contributed by atoms with Gasteiger partial charge in [0.1, 0.15) is 6.54 Å². The molecule has 6 heteroatoms. The molecule has 2 heterocycles. The van der Waals surface area contributed by atoms with Crippen LogP contribution in [-0.4, -0.2) is 71.7 Å². The maximum Gasteiger partial charge on any atom is 0.312 e. The maximum absolute atomic E-state index is 12.6. The fourth-order valence-corrected chi connectivity index (χ4v) is 4.03. The van der Waals surface area contributed by atoms with Crippen LogP contribution in [0.1, 0.15) is 37.3 Å². The van der Waals surface area contributed by atoms with Crippen LogP contribution in [0.4, 0.5) is 0 Å². The second kappa shape index (κ2) is 9.22. The highest BCUT2D eigenvalue weighted by atomic mass is 16.2. The molecule has 1 aromatic carbocycles. The van der Waals surface area contributed by atoms with Gasteiger partial charge in [-0.3, -0.25) is 14.4 Å². The number of piperidine rings is 1. The van der Waals surface area contributed by atoms with Gasteiger partial charge in [-0.05, 0) is 51.0 Å². The molecule has 2 saturated heterocycles. The third-order valence-electron chi connectivity index (χ3n) is 6.03. The fraction of sp³-hybridized carbons (Fsp3) is 0.591. The van der Waals surface area contributed by atoms with Gasteiger partial charge in [0.15, 0.2) is 0 Å². The molecule has 0 N–H and O–H groups in total. The van der Waals surface area contributed by atoms with Crippen molar-refractivity contribution in [2.45, 2.75) is 39.5 Å². The molecular formula is C22H31N3O3. The lowest BCUT2D eigenvalue weighted by molar-refractivity contribution is -0.157. The molecule has 0 unspecified atom stereocenters. The summed E-state index contributed by atoms with van der Waals surface area (Å²) < 4.78 is 0. The number of carbonyl (C=O) groups excluding carboxylic acids is 3. The quantitative estimate of drug-likeness (QED) is 0.702. The van der Waals surface area contributed by atoms with Crippen molar-refractivity contribution in [2.75, 3.05) is 39.3 Å². The number of likely N-dealkylation sites (tertiary alicyclic amines) is 1. The summed E-state index contributed by atoms with van der Waals surface area (Å²) in [6.45, 7) is 6.95. The summed E-state index contributed by atoms with van der Waals surface area (Å²) in [5.41, 5.74) is 2.66. The zero-order valence-corrected chi connectivity index (χ0v) is 17.0. The first-order valence-electron chi connectivity index (χ1n) is 10.4. The number of hydrogen-bond acceptors (Lipinski definition) is 3. The van der Waals surface area contributed by atoms with E-state index >= 15 is 0 Å². The molecule has 0 saturated carbocycles. The van der Waals surface area contributed by atoms with Crippen molar-refractivity contribution in [3.8, 4) is 0 Å². The highest BCUT2D eigenvalue weighted by Gasteiger charge is 2.34. The summed E-state index contributed by atoms with van der Waals surface area (Å²) in [6, 6.07) is 8.71. The first-order chi connectivity index (χ1) is 13.5. The van der Waals surface area contributed by atoms with E-state index in [1.807, 2.05) is 11.8 Å². The Morgan fingerprint density at radius 1 is 0.964 bits per heavy atom. The van der Waals surface area contributed by atoms with Crippen LogP contribution in [0.5, 0.6) is 0 Å². The van der Waals surface area contributed by atoms with E-state index in [0.717, 1.165) is 38.8 Å². The van der Waals surface area contributed by atoms with Crippen LogP contribution in [0.3, 0.4) is 0 Å². The van der Waals surface area contributed by atoms with Gasteiger partial charge in [-0.2, -0.15) is 0 Å². The van der Waals surface area contributed by atoms with E-state index in [4.69, 9.17) is 0 Å². The zero-order valence-electron chi connectivity index (χ0n) is 17.0. The van der Waals surface area contributed by atoms with Crippen LogP contribution in [0.2, 0.25) is 0 Å². The number of rotatable bonds is 6. The lowest BCUT2D eigenvalue weighted by atomic mass is 9.90. The number of aryl methyl sites for hydroxylation is 2. The fourth-order valence-electron chi connectivity index (χ4n) is 4.03. The van der Waals surface area contributed by atoms with Crippen molar-refractivity contribution in [2.24, 2.45) is 5.92 Å². The molecule has 2 aliphatic rings. The SMILES string of the molecule is CCN1CCN(CC(=O)N2CCC(CCc3ccc(C)cc3)CC2)C(=O)C1=O. The third-order valence-corrected chi connectivity index (χ3v) is 6.03. The minimum atomic E-state index is -0.547. The molecule has 0 aromatic heterocycles. The van der Waals surface area contributed by atoms with Crippen LogP contribution < -0.4 is 0 Å². The molecule has 152 valence electrons. The predicted octanol–water partition coefficient (Wildman–Crippen LogP) is 1.86. The minimum Gasteiger partial charge on any atom is -0.341 e. The molecule has 0 atom stereocenters. The van der Waals surface area contributed by atoms with E-state index in [0.29, 0.717) is 25.6 Å². The monoisotopic (exact) mass is 385 g/mol. The normalized spacial score (nSPS) is 18.7. The van der Waals surface area contributed by atoms with Gasteiger partial charge in [0.25, 0.3) is 0 Å². The molecule has 6 nitrogen and oxygen atoms in total. The van der Waals surface area contributed by atoms with Crippen LogP contribution in [-0.2, 0) is 20.8 Å². The number of likely N-dealkylation sites (N-methyl/N-ethyl adjacent to an activating group) is 1. The van der Waals surface area contributed by atoms with Gasteiger partial charge in [0, 0.05) is 32.7 Å². The van der Waals surface area contributed by atoms with Crippen LogP contribution in [0.15, 0.2) is 24.3 Å². The number of amides is 3. The lowest BCUT2D eigenvalue weighted by Gasteiger charge is -2.36. The van der Waals surface area contributed by atoms with Gasteiger partial charge in [0.05, 0.1) is 0 Å². The summed E-state index contributed by atoms with van der Waals surface area (Å²) in [5, 5.41) is 0. The topological polar surface area (TPSA) is 60.9 Å². The number of benzene rings is 1. The summed E-state index contributed by atoms with van der Waals surface area (Å²) in [4.78, 5) is 41.5. The number of piperazine rings is 1. The Kier molecular flexibility index (Phi) is 6.70. The summed E-state index contributed by atoms with van der Waals surface area (Å²) in [7, 11) is 0.